The fourth-order valence-corrected chi connectivity index (χ4v) is 0.735. The number of rotatable bonds is 1. The van der Waals surface area contributed by atoms with Crippen LogP contribution in [-0.2, 0) is 0 Å². The van der Waals surface area contributed by atoms with Gasteiger partial charge in [-0.3, -0.25) is 9.59 Å². The minimum Gasteiger partial charge on any atom is -0.364 e. The summed E-state index contributed by atoms with van der Waals surface area (Å²) in [6, 6.07) is 0. The van der Waals surface area contributed by atoms with Crippen LogP contribution in [0.5, 0.6) is 0 Å². The van der Waals surface area contributed by atoms with Gasteiger partial charge in [0.25, 0.3) is 11.5 Å². The van der Waals surface area contributed by atoms with E-state index in [1.165, 1.54) is 6.92 Å². The van der Waals surface area contributed by atoms with Crippen molar-refractivity contribution in [2.24, 2.45) is 5.73 Å². The van der Waals surface area contributed by atoms with Crippen LogP contribution in [0.1, 0.15) is 16.3 Å². The van der Waals surface area contributed by atoms with Crippen molar-refractivity contribution in [1.29, 1.82) is 0 Å². The van der Waals surface area contributed by atoms with Crippen molar-refractivity contribution in [3.63, 3.8) is 0 Å². The largest absolute Gasteiger partial charge is 0.364 e. The second-order valence-electron chi connectivity index (χ2n) is 2.18. The first-order valence-electron chi connectivity index (χ1n) is 3.08. The molecule has 6 heteroatoms. The fourth-order valence-electron chi connectivity index (χ4n) is 0.735. The van der Waals surface area contributed by atoms with Crippen molar-refractivity contribution in [3.8, 4) is 0 Å². The van der Waals surface area contributed by atoms with Gasteiger partial charge in [-0.1, -0.05) is 0 Å². The van der Waals surface area contributed by atoms with Gasteiger partial charge in [0.1, 0.15) is 5.82 Å². The van der Waals surface area contributed by atoms with Crippen LogP contribution >= 0.6 is 0 Å². The molecule has 0 unspecified atom stereocenters. The standard InChI is InChI=1S/C6H6FN3O2/c1-2-9-4(5(8)11)3(7)6(12)10-2/h1H3,(H2,8,11)(H,9,10,12). The zero-order valence-electron chi connectivity index (χ0n) is 6.22. The summed E-state index contributed by atoms with van der Waals surface area (Å²) in [5, 5.41) is 0. The van der Waals surface area contributed by atoms with E-state index < -0.39 is 23.0 Å². The highest BCUT2D eigenvalue weighted by Gasteiger charge is 2.13. The molecule has 1 rings (SSSR count). The van der Waals surface area contributed by atoms with E-state index in [0.717, 1.165) is 0 Å². The van der Waals surface area contributed by atoms with Crippen LogP contribution in [0.25, 0.3) is 0 Å². The van der Waals surface area contributed by atoms with E-state index in [1.807, 2.05) is 0 Å². The highest BCUT2D eigenvalue weighted by atomic mass is 19.1. The Morgan fingerprint density at radius 3 is 2.75 bits per heavy atom. The fraction of sp³-hybridized carbons (Fsp3) is 0.167. The van der Waals surface area contributed by atoms with E-state index in [9.17, 15) is 14.0 Å². The molecule has 64 valence electrons. The van der Waals surface area contributed by atoms with Gasteiger partial charge in [0.05, 0.1) is 0 Å². The summed E-state index contributed by atoms with van der Waals surface area (Å²) in [4.78, 5) is 26.7. The number of aromatic nitrogens is 2. The molecule has 1 aromatic rings. The van der Waals surface area contributed by atoms with Crippen LogP contribution in [0, 0.1) is 12.7 Å². The van der Waals surface area contributed by atoms with Gasteiger partial charge in [-0.05, 0) is 6.92 Å². The first-order chi connectivity index (χ1) is 5.52. The van der Waals surface area contributed by atoms with Crippen LogP contribution in [0.15, 0.2) is 4.79 Å². The summed E-state index contributed by atoms with van der Waals surface area (Å²) >= 11 is 0. The average Bonchev–Trinajstić information content (AvgIpc) is 1.96. The molecule has 0 radical (unpaired) electrons. The number of nitrogens with one attached hydrogen (secondary N) is 1. The van der Waals surface area contributed by atoms with Gasteiger partial charge < -0.3 is 10.7 Å². The third-order valence-electron chi connectivity index (χ3n) is 1.21. The van der Waals surface area contributed by atoms with E-state index in [1.54, 1.807) is 0 Å². The SMILES string of the molecule is Cc1nc(C(N)=O)c(F)c(=O)[nH]1. The number of aromatic amines is 1. The Kier molecular flexibility index (Phi) is 1.90. The van der Waals surface area contributed by atoms with Crippen molar-refractivity contribution in [2.45, 2.75) is 6.92 Å². The lowest BCUT2D eigenvalue weighted by Gasteiger charge is -1.97. The summed E-state index contributed by atoms with van der Waals surface area (Å²) in [5.41, 5.74) is 3.14. The molecule has 0 aliphatic rings. The molecule has 1 aromatic heterocycles. The Balaban J connectivity index is 3.48. The molecular formula is C6H6FN3O2. The molecule has 0 saturated carbocycles. The molecule has 0 saturated heterocycles. The lowest BCUT2D eigenvalue weighted by atomic mass is 10.3. The maximum absolute atomic E-state index is 12.7. The second-order valence-corrected chi connectivity index (χ2v) is 2.18. The molecule has 1 heterocycles. The summed E-state index contributed by atoms with van der Waals surface area (Å²) in [5.74, 6) is -2.15. The molecule has 5 nitrogen and oxygen atoms in total. The smallest absolute Gasteiger partial charge is 0.287 e. The first kappa shape index (κ1) is 8.38. The third kappa shape index (κ3) is 1.31. The minimum atomic E-state index is -1.24. The monoisotopic (exact) mass is 171 g/mol. The maximum Gasteiger partial charge on any atom is 0.287 e. The topological polar surface area (TPSA) is 88.8 Å². The van der Waals surface area contributed by atoms with Gasteiger partial charge in [-0.25, -0.2) is 4.98 Å². The zero-order valence-corrected chi connectivity index (χ0v) is 6.22. The number of hydrogen-bond donors (Lipinski definition) is 2. The van der Waals surface area contributed by atoms with E-state index >= 15 is 0 Å². The summed E-state index contributed by atoms with van der Waals surface area (Å²) < 4.78 is 12.7. The number of H-pyrrole nitrogens is 1. The van der Waals surface area contributed by atoms with Gasteiger partial charge in [-0.15, -0.1) is 0 Å². The number of carbonyl (C=O) groups excluding carboxylic acids is 1. The van der Waals surface area contributed by atoms with Crippen LogP contribution in [-0.4, -0.2) is 15.9 Å². The Morgan fingerprint density at radius 2 is 2.25 bits per heavy atom. The molecular weight excluding hydrogens is 165 g/mol. The number of primary amides is 1. The maximum atomic E-state index is 12.7. The van der Waals surface area contributed by atoms with Crippen LogP contribution in [0.4, 0.5) is 4.39 Å². The number of carbonyl (C=O) groups is 1. The highest BCUT2D eigenvalue weighted by molar-refractivity contribution is 5.90. The summed E-state index contributed by atoms with van der Waals surface area (Å²) in [6.45, 7) is 1.42. The Morgan fingerprint density at radius 1 is 1.67 bits per heavy atom. The van der Waals surface area contributed by atoms with Gasteiger partial charge in [-0.2, -0.15) is 4.39 Å². The number of aryl methyl sites for hydroxylation is 1. The van der Waals surface area contributed by atoms with E-state index in [4.69, 9.17) is 5.73 Å². The molecule has 1 amide bonds. The van der Waals surface area contributed by atoms with Gasteiger partial charge in [0, 0.05) is 0 Å². The number of hydrogen-bond acceptors (Lipinski definition) is 3. The molecule has 0 aromatic carbocycles. The molecule has 0 bridgehead atoms. The average molecular weight is 171 g/mol. The third-order valence-corrected chi connectivity index (χ3v) is 1.21. The van der Waals surface area contributed by atoms with Crippen molar-refractivity contribution < 1.29 is 9.18 Å². The van der Waals surface area contributed by atoms with E-state index in [-0.39, 0.29) is 5.82 Å². The van der Waals surface area contributed by atoms with Crippen molar-refractivity contribution in [2.75, 3.05) is 0 Å². The molecule has 3 N–H and O–H groups in total. The number of halogens is 1. The van der Waals surface area contributed by atoms with Crippen LogP contribution < -0.4 is 11.3 Å². The summed E-state index contributed by atoms with van der Waals surface area (Å²) in [6.07, 6.45) is 0. The van der Waals surface area contributed by atoms with Crippen molar-refractivity contribution >= 4 is 5.91 Å². The normalized spacial score (nSPS) is 9.83. The number of amides is 1. The molecule has 0 fully saturated rings. The Labute approximate surface area is 66.4 Å². The minimum absolute atomic E-state index is 0.148. The predicted molar refractivity (Wildman–Crippen MR) is 38.1 cm³/mol. The van der Waals surface area contributed by atoms with Crippen molar-refractivity contribution in [3.05, 3.63) is 27.7 Å². The quantitative estimate of drug-likeness (QED) is 0.586. The number of nitrogens with two attached hydrogens (primary N) is 1. The van der Waals surface area contributed by atoms with E-state index in [0.29, 0.717) is 0 Å². The van der Waals surface area contributed by atoms with Crippen LogP contribution in [0.2, 0.25) is 0 Å². The van der Waals surface area contributed by atoms with Gasteiger partial charge in [0.2, 0.25) is 5.82 Å². The van der Waals surface area contributed by atoms with Gasteiger partial charge in [0.15, 0.2) is 5.69 Å². The van der Waals surface area contributed by atoms with E-state index in [2.05, 4.69) is 9.97 Å². The van der Waals surface area contributed by atoms with Crippen LogP contribution in [0.3, 0.4) is 0 Å². The Bertz CT molecular complexity index is 385. The zero-order chi connectivity index (χ0) is 9.30. The first-order valence-corrected chi connectivity index (χ1v) is 3.08. The molecule has 0 aliphatic carbocycles. The molecule has 0 atom stereocenters. The predicted octanol–water partition coefficient (Wildman–Crippen LogP) is -0.684. The van der Waals surface area contributed by atoms with Crippen molar-refractivity contribution in [1.82, 2.24) is 9.97 Å². The summed E-state index contributed by atoms with van der Waals surface area (Å²) in [7, 11) is 0. The molecule has 12 heavy (non-hydrogen) atoms. The van der Waals surface area contributed by atoms with Gasteiger partial charge >= 0.3 is 0 Å². The highest BCUT2D eigenvalue weighted by Crippen LogP contribution is 1.96. The lowest BCUT2D eigenvalue weighted by molar-refractivity contribution is 0.0990. The number of nitrogens with zero attached hydrogens (tertiary/aromatic N) is 1. The molecule has 0 spiro atoms. The Hall–Kier alpha value is -1.72. The lowest BCUT2D eigenvalue weighted by Crippen LogP contribution is -2.24. The molecule has 0 aliphatic heterocycles. The second kappa shape index (κ2) is 2.72.